The lowest BCUT2D eigenvalue weighted by atomic mass is 10.1. The van der Waals surface area contributed by atoms with Gasteiger partial charge in [0, 0.05) is 19.2 Å². The van der Waals surface area contributed by atoms with Crippen LogP contribution in [-0.4, -0.2) is 5.91 Å². The third-order valence-corrected chi connectivity index (χ3v) is 2.30. The molecular weight excluding hydrogens is 176 g/mol. The van der Waals surface area contributed by atoms with Gasteiger partial charge >= 0.3 is 0 Å². The van der Waals surface area contributed by atoms with Gasteiger partial charge in [-0.1, -0.05) is 18.2 Å². The minimum absolute atomic E-state index is 0.413. The number of fused-ring (bicyclic) bond motifs is 1. The summed E-state index contributed by atoms with van der Waals surface area (Å²) < 4.78 is 0. The van der Waals surface area contributed by atoms with Gasteiger partial charge in [0.2, 0.25) is 5.91 Å². The highest BCUT2D eigenvalue weighted by Gasteiger charge is 2.08. The van der Waals surface area contributed by atoms with Crippen LogP contribution in [0.25, 0.3) is 6.08 Å². The zero-order valence-electron chi connectivity index (χ0n) is 7.79. The highest BCUT2D eigenvalue weighted by atomic mass is 16.1. The van der Waals surface area contributed by atoms with Gasteiger partial charge in [-0.2, -0.15) is 0 Å². The molecule has 0 aliphatic carbocycles. The molecule has 0 aromatic heterocycles. The fourth-order valence-electron chi connectivity index (χ4n) is 1.60. The van der Waals surface area contributed by atoms with Crippen molar-refractivity contribution in [2.45, 2.75) is 13.1 Å². The molecule has 0 unspecified atom stereocenters. The van der Waals surface area contributed by atoms with Crippen LogP contribution in [0.2, 0.25) is 0 Å². The summed E-state index contributed by atoms with van der Waals surface area (Å²) >= 11 is 0. The Kier molecular flexibility index (Phi) is 2.33. The second kappa shape index (κ2) is 3.64. The van der Waals surface area contributed by atoms with Crippen molar-refractivity contribution in [3.63, 3.8) is 0 Å². The van der Waals surface area contributed by atoms with E-state index in [4.69, 9.17) is 5.73 Å². The number of nitrogens with two attached hydrogens (primary N) is 1. The van der Waals surface area contributed by atoms with Gasteiger partial charge in [0.25, 0.3) is 0 Å². The molecule has 0 fully saturated rings. The standard InChI is InChI=1S/C11H12N2O/c12-11(14)4-2-8-1-3-9-6-13-7-10(9)5-8/h1-5,13H,6-7H2,(H2,12,14). The molecule has 0 atom stereocenters. The first-order valence-electron chi connectivity index (χ1n) is 4.56. The van der Waals surface area contributed by atoms with E-state index in [2.05, 4.69) is 17.4 Å². The van der Waals surface area contributed by atoms with Crippen molar-refractivity contribution in [2.24, 2.45) is 5.73 Å². The summed E-state index contributed by atoms with van der Waals surface area (Å²) in [5.41, 5.74) is 8.67. The molecule has 1 aromatic rings. The van der Waals surface area contributed by atoms with Crippen molar-refractivity contribution in [1.82, 2.24) is 5.32 Å². The summed E-state index contributed by atoms with van der Waals surface area (Å²) in [6.07, 6.45) is 3.12. The monoisotopic (exact) mass is 188 g/mol. The molecule has 1 heterocycles. The van der Waals surface area contributed by atoms with E-state index in [0.717, 1.165) is 18.7 Å². The summed E-state index contributed by atoms with van der Waals surface area (Å²) in [6.45, 7) is 1.85. The van der Waals surface area contributed by atoms with Crippen molar-refractivity contribution in [3.05, 3.63) is 41.0 Å². The highest BCUT2D eigenvalue weighted by molar-refractivity contribution is 5.90. The van der Waals surface area contributed by atoms with E-state index >= 15 is 0 Å². The molecular formula is C11H12N2O. The van der Waals surface area contributed by atoms with Gasteiger partial charge < -0.3 is 11.1 Å². The van der Waals surface area contributed by atoms with Crippen LogP contribution in [0.5, 0.6) is 0 Å². The lowest BCUT2D eigenvalue weighted by Crippen LogP contribution is -2.05. The van der Waals surface area contributed by atoms with Crippen LogP contribution < -0.4 is 11.1 Å². The summed E-state index contributed by atoms with van der Waals surface area (Å²) in [6, 6.07) is 6.15. The maximum Gasteiger partial charge on any atom is 0.241 e. The molecule has 72 valence electrons. The molecule has 3 N–H and O–H groups in total. The van der Waals surface area contributed by atoms with E-state index in [1.54, 1.807) is 6.08 Å². The average molecular weight is 188 g/mol. The molecule has 2 rings (SSSR count). The minimum Gasteiger partial charge on any atom is -0.366 e. The molecule has 14 heavy (non-hydrogen) atoms. The van der Waals surface area contributed by atoms with Gasteiger partial charge in [-0.3, -0.25) is 4.79 Å². The number of nitrogens with one attached hydrogen (secondary N) is 1. The van der Waals surface area contributed by atoms with Crippen LogP contribution in [0.3, 0.4) is 0 Å². The Bertz CT molecular complexity index is 396. The van der Waals surface area contributed by atoms with Crippen molar-refractivity contribution >= 4 is 12.0 Å². The summed E-state index contributed by atoms with van der Waals surface area (Å²) in [5, 5.41) is 3.26. The van der Waals surface area contributed by atoms with Crippen molar-refractivity contribution in [3.8, 4) is 0 Å². The van der Waals surface area contributed by atoms with Crippen molar-refractivity contribution in [2.75, 3.05) is 0 Å². The Morgan fingerprint density at radius 3 is 2.93 bits per heavy atom. The molecule has 1 aromatic carbocycles. The fourth-order valence-corrected chi connectivity index (χ4v) is 1.60. The lowest BCUT2D eigenvalue weighted by Gasteiger charge is -1.98. The summed E-state index contributed by atoms with van der Waals surface area (Å²) in [7, 11) is 0. The maximum atomic E-state index is 10.5. The van der Waals surface area contributed by atoms with Crippen molar-refractivity contribution in [1.29, 1.82) is 0 Å². The highest BCUT2D eigenvalue weighted by Crippen LogP contribution is 2.17. The zero-order chi connectivity index (χ0) is 9.97. The van der Waals surface area contributed by atoms with E-state index in [0.29, 0.717) is 0 Å². The average Bonchev–Trinajstić information content (AvgIpc) is 2.61. The molecule has 0 saturated carbocycles. The number of primary amides is 1. The Morgan fingerprint density at radius 1 is 1.36 bits per heavy atom. The number of hydrogen-bond acceptors (Lipinski definition) is 2. The topological polar surface area (TPSA) is 55.1 Å². The normalized spacial score (nSPS) is 14.6. The number of benzene rings is 1. The maximum absolute atomic E-state index is 10.5. The minimum atomic E-state index is -0.413. The molecule has 1 aliphatic rings. The van der Waals surface area contributed by atoms with Crippen LogP contribution in [0, 0.1) is 0 Å². The van der Waals surface area contributed by atoms with E-state index in [-0.39, 0.29) is 0 Å². The van der Waals surface area contributed by atoms with Gasteiger partial charge in [-0.05, 0) is 22.8 Å². The number of amides is 1. The Hall–Kier alpha value is -1.61. The first-order chi connectivity index (χ1) is 6.75. The number of carbonyl (C=O) groups excluding carboxylic acids is 1. The summed E-state index contributed by atoms with van der Waals surface area (Å²) in [4.78, 5) is 10.5. The van der Waals surface area contributed by atoms with Gasteiger partial charge in [0.15, 0.2) is 0 Å². The smallest absolute Gasteiger partial charge is 0.241 e. The predicted octanol–water partition coefficient (Wildman–Crippen LogP) is 0.788. The van der Waals surface area contributed by atoms with E-state index in [1.165, 1.54) is 17.2 Å². The second-order valence-corrected chi connectivity index (χ2v) is 3.37. The second-order valence-electron chi connectivity index (χ2n) is 3.37. The molecule has 0 spiro atoms. The first-order valence-corrected chi connectivity index (χ1v) is 4.56. The third-order valence-electron chi connectivity index (χ3n) is 2.30. The van der Waals surface area contributed by atoms with Crippen LogP contribution in [-0.2, 0) is 17.9 Å². The zero-order valence-corrected chi connectivity index (χ0v) is 7.79. The number of carbonyl (C=O) groups is 1. The van der Waals surface area contributed by atoms with Crippen LogP contribution in [0.4, 0.5) is 0 Å². The first kappa shape index (κ1) is 8.97. The Labute approximate surface area is 82.6 Å². The van der Waals surface area contributed by atoms with E-state index < -0.39 is 5.91 Å². The van der Waals surface area contributed by atoms with Gasteiger partial charge in [-0.15, -0.1) is 0 Å². The Morgan fingerprint density at radius 2 is 2.14 bits per heavy atom. The van der Waals surface area contributed by atoms with Crippen LogP contribution in [0.15, 0.2) is 24.3 Å². The quantitative estimate of drug-likeness (QED) is 0.674. The van der Waals surface area contributed by atoms with Gasteiger partial charge in [0.05, 0.1) is 0 Å². The lowest BCUT2D eigenvalue weighted by molar-refractivity contribution is -0.113. The van der Waals surface area contributed by atoms with Crippen LogP contribution >= 0.6 is 0 Å². The molecule has 3 heteroatoms. The number of rotatable bonds is 2. The van der Waals surface area contributed by atoms with Crippen LogP contribution in [0.1, 0.15) is 16.7 Å². The Balaban J connectivity index is 2.25. The molecule has 1 aliphatic heterocycles. The SMILES string of the molecule is NC(=O)C=Cc1ccc2c(c1)CNC2. The molecule has 0 bridgehead atoms. The largest absolute Gasteiger partial charge is 0.366 e. The molecule has 0 saturated heterocycles. The molecule has 1 amide bonds. The predicted molar refractivity (Wildman–Crippen MR) is 55.2 cm³/mol. The van der Waals surface area contributed by atoms with E-state index in [1.807, 2.05) is 6.07 Å². The molecule has 0 radical (unpaired) electrons. The molecule has 3 nitrogen and oxygen atoms in total. The number of hydrogen-bond donors (Lipinski definition) is 2. The van der Waals surface area contributed by atoms with E-state index in [9.17, 15) is 4.79 Å². The fraction of sp³-hybridized carbons (Fsp3) is 0.182. The van der Waals surface area contributed by atoms with Crippen molar-refractivity contribution < 1.29 is 4.79 Å². The van der Waals surface area contributed by atoms with Gasteiger partial charge in [-0.25, -0.2) is 0 Å². The van der Waals surface area contributed by atoms with Gasteiger partial charge in [0.1, 0.15) is 0 Å². The third kappa shape index (κ3) is 1.83. The summed E-state index contributed by atoms with van der Waals surface area (Å²) in [5.74, 6) is -0.413.